The summed E-state index contributed by atoms with van der Waals surface area (Å²) in [5.41, 5.74) is 0.919. The second-order valence-corrected chi connectivity index (χ2v) is 6.65. The maximum Gasteiger partial charge on any atom is 0.211 e. The fourth-order valence-corrected chi connectivity index (χ4v) is 3.60. The fourth-order valence-electron chi connectivity index (χ4n) is 2.71. The van der Waals surface area contributed by atoms with E-state index >= 15 is 0 Å². The number of ether oxygens (including phenoxy) is 1. The van der Waals surface area contributed by atoms with Crippen LogP contribution in [-0.4, -0.2) is 19.2 Å². The van der Waals surface area contributed by atoms with E-state index in [0.29, 0.717) is 12.1 Å². The Hall–Kier alpha value is -1.55. The minimum atomic E-state index is 0.105. The largest absolute Gasteiger partial charge is 0.497 e. The molecule has 0 spiro atoms. The maximum atomic E-state index is 13.0. The molecule has 4 heteroatoms. The number of hydrogen-bond acceptors (Lipinski definition) is 4. The molecule has 0 N–H and O–H groups in total. The Morgan fingerprint density at radius 2 is 1.82 bits per heavy atom. The van der Waals surface area contributed by atoms with Crippen LogP contribution < -0.4 is 15.1 Å². The van der Waals surface area contributed by atoms with Gasteiger partial charge in [0.05, 0.1) is 12.8 Å². The van der Waals surface area contributed by atoms with Crippen LogP contribution in [0.1, 0.15) is 40.5 Å². The molecule has 0 fully saturated rings. The Labute approximate surface area is 136 Å². The van der Waals surface area contributed by atoms with Gasteiger partial charge in [-0.2, -0.15) is 0 Å². The topological polar surface area (TPSA) is 29.5 Å². The van der Waals surface area contributed by atoms with Gasteiger partial charge in [0.1, 0.15) is 5.75 Å². The molecule has 22 heavy (non-hydrogen) atoms. The molecular formula is C18H25NO2S. The zero-order chi connectivity index (χ0) is 16.3. The summed E-state index contributed by atoms with van der Waals surface area (Å²) in [4.78, 5) is 15.3. The molecule has 2 atom stereocenters. The molecule has 0 aliphatic carbocycles. The van der Waals surface area contributed by atoms with E-state index < -0.39 is 0 Å². The number of nitrogens with zero attached hydrogens (tertiary/aromatic N) is 1. The summed E-state index contributed by atoms with van der Waals surface area (Å²) in [5, 5.41) is 2.76. The molecule has 2 rings (SSSR count). The molecule has 3 nitrogen and oxygen atoms in total. The van der Waals surface area contributed by atoms with Crippen LogP contribution in [0.3, 0.4) is 0 Å². The van der Waals surface area contributed by atoms with Crippen LogP contribution in [0.5, 0.6) is 5.75 Å². The van der Waals surface area contributed by atoms with Crippen molar-refractivity contribution in [3.63, 3.8) is 0 Å². The number of methoxy groups -OCH3 is 1. The molecule has 0 saturated carbocycles. The molecule has 1 aromatic carbocycles. The van der Waals surface area contributed by atoms with E-state index in [0.717, 1.165) is 34.4 Å². The van der Waals surface area contributed by atoms with Crippen molar-refractivity contribution < 1.29 is 4.74 Å². The van der Waals surface area contributed by atoms with Crippen molar-refractivity contribution in [2.45, 2.75) is 52.6 Å². The first-order valence-electron chi connectivity index (χ1n) is 7.91. The van der Waals surface area contributed by atoms with Gasteiger partial charge in [-0.05, 0) is 44.9 Å². The van der Waals surface area contributed by atoms with Gasteiger partial charge >= 0.3 is 0 Å². The molecule has 120 valence electrons. The maximum absolute atomic E-state index is 13.0. The third-order valence-electron chi connectivity index (χ3n) is 4.37. The van der Waals surface area contributed by atoms with Crippen molar-refractivity contribution in [2.24, 2.45) is 0 Å². The van der Waals surface area contributed by atoms with Gasteiger partial charge in [0.25, 0.3) is 0 Å². The molecule has 2 aromatic rings. The van der Waals surface area contributed by atoms with Crippen LogP contribution in [0.15, 0.2) is 28.4 Å². The van der Waals surface area contributed by atoms with Crippen molar-refractivity contribution in [2.75, 3.05) is 12.0 Å². The quantitative estimate of drug-likeness (QED) is 0.774. The number of rotatable bonds is 6. The van der Waals surface area contributed by atoms with E-state index in [-0.39, 0.29) is 5.43 Å². The van der Waals surface area contributed by atoms with Gasteiger partial charge in [-0.1, -0.05) is 13.8 Å². The van der Waals surface area contributed by atoms with Crippen LogP contribution in [-0.2, 0) is 0 Å². The summed E-state index contributed by atoms with van der Waals surface area (Å²) in [6.45, 7) is 8.70. The fraction of sp³-hybridized carbons (Fsp3) is 0.500. The zero-order valence-electron chi connectivity index (χ0n) is 14.1. The number of anilines is 1. The second kappa shape index (κ2) is 7.14. The van der Waals surface area contributed by atoms with Gasteiger partial charge < -0.3 is 9.64 Å². The molecule has 0 aliphatic rings. The summed E-state index contributed by atoms with van der Waals surface area (Å²) in [6, 6.07) is 6.40. The average Bonchev–Trinajstić information content (AvgIpc) is 2.56. The van der Waals surface area contributed by atoms with Crippen LogP contribution >= 0.6 is 11.3 Å². The van der Waals surface area contributed by atoms with Crippen LogP contribution in [0, 0.1) is 0 Å². The van der Waals surface area contributed by atoms with Gasteiger partial charge in [-0.3, -0.25) is 4.79 Å². The number of benzene rings is 1. The van der Waals surface area contributed by atoms with Gasteiger partial charge in [-0.25, -0.2) is 0 Å². The van der Waals surface area contributed by atoms with E-state index in [1.807, 2.05) is 23.6 Å². The smallest absolute Gasteiger partial charge is 0.211 e. The van der Waals surface area contributed by atoms with Crippen molar-refractivity contribution in [3.05, 3.63) is 33.8 Å². The molecule has 0 radical (unpaired) electrons. The molecule has 0 amide bonds. The van der Waals surface area contributed by atoms with E-state index in [1.54, 1.807) is 18.4 Å². The Balaban J connectivity index is 2.62. The zero-order valence-corrected chi connectivity index (χ0v) is 14.9. The lowest BCUT2D eigenvalue weighted by Crippen LogP contribution is -2.42. The second-order valence-electron chi connectivity index (χ2n) is 5.73. The van der Waals surface area contributed by atoms with Gasteiger partial charge in [0.15, 0.2) is 0 Å². The highest BCUT2D eigenvalue weighted by Crippen LogP contribution is 2.27. The van der Waals surface area contributed by atoms with E-state index in [2.05, 4.69) is 32.6 Å². The Bertz CT molecular complexity index is 685. The third kappa shape index (κ3) is 3.12. The summed E-state index contributed by atoms with van der Waals surface area (Å²) < 4.78 is 6.27. The SMILES string of the molecule is CC[C@@H](C)N(c1csc2ccc(OC)cc2c1=O)[C@@H](C)CC. The Morgan fingerprint density at radius 1 is 1.18 bits per heavy atom. The first-order chi connectivity index (χ1) is 10.5. The van der Waals surface area contributed by atoms with Crippen molar-refractivity contribution >= 4 is 27.1 Å². The summed E-state index contributed by atoms with van der Waals surface area (Å²) >= 11 is 1.62. The first kappa shape index (κ1) is 16.8. The predicted octanol–water partition coefficient (Wildman–Crippen LogP) is 4.67. The minimum absolute atomic E-state index is 0.105. The molecule has 0 bridgehead atoms. The lowest BCUT2D eigenvalue weighted by molar-refractivity contribution is 0.415. The average molecular weight is 319 g/mol. The van der Waals surface area contributed by atoms with Crippen LogP contribution in [0.25, 0.3) is 10.1 Å². The van der Waals surface area contributed by atoms with E-state index in [4.69, 9.17) is 4.74 Å². The lowest BCUT2D eigenvalue weighted by Gasteiger charge is -2.35. The Morgan fingerprint density at radius 3 is 2.36 bits per heavy atom. The standard InChI is InChI=1S/C18H25NO2S/c1-6-12(3)19(13(4)7-2)16-11-22-17-9-8-14(21-5)10-15(17)18(16)20/h8-13H,6-7H2,1-5H3/t12-,13+. The predicted molar refractivity (Wildman–Crippen MR) is 96.6 cm³/mol. The van der Waals surface area contributed by atoms with Crippen molar-refractivity contribution in [1.29, 1.82) is 0 Å². The van der Waals surface area contributed by atoms with E-state index in [9.17, 15) is 4.79 Å². The normalized spacial score (nSPS) is 13.9. The number of hydrogen-bond donors (Lipinski definition) is 0. The number of fused-ring (bicyclic) bond motifs is 1. The highest BCUT2D eigenvalue weighted by atomic mass is 32.1. The third-order valence-corrected chi connectivity index (χ3v) is 5.32. The molecule has 0 aliphatic heterocycles. The van der Waals surface area contributed by atoms with Gasteiger partial charge in [0, 0.05) is 27.5 Å². The molecular weight excluding hydrogens is 294 g/mol. The van der Waals surface area contributed by atoms with Crippen LogP contribution in [0.2, 0.25) is 0 Å². The molecule has 0 saturated heterocycles. The monoisotopic (exact) mass is 319 g/mol. The van der Waals surface area contributed by atoms with Crippen molar-refractivity contribution in [3.8, 4) is 5.75 Å². The molecule has 1 heterocycles. The highest BCUT2D eigenvalue weighted by molar-refractivity contribution is 7.16. The van der Waals surface area contributed by atoms with Gasteiger partial charge in [-0.15, -0.1) is 11.3 Å². The van der Waals surface area contributed by atoms with Crippen LogP contribution in [0.4, 0.5) is 5.69 Å². The van der Waals surface area contributed by atoms with Gasteiger partial charge in [0.2, 0.25) is 5.43 Å². The molecule has 1 aromatic heterocycles. The lowest BCUT2D eigenvalue weighted by atomic mass is 10.1. The molecule has 0 unspecified atom stereocenters. The first-order valence-corrected chi connectivity index (χ1v) is 8.79. The summed E-state index contributed by atoms with van der Waals surface area (Å²) in [6.07, 6.45) is 2.04. The van der Waals surface area contributed by atoms with E-state index in [1.165, 1.54) is 0 Å². The van der Waals surface area contributed by atoms with Crippen molar-refractivity contribution in [1.82, 2.24) is 0 Å². The minimum Gasteiger partial charge on any atom is -0.497 e. The summed E-state index contributed by atoms with van der Waals surface area (Å²) in [7, 11) is 1.63. The summed E-state index contributed by atoms with van der Waals surface area (Å²) in [5.74, 6) is 0.729. The Kier molecular flexibility index (Phi) is 5.46. The highest BCUT2D eigenvalue weighted by Gasteiger charge is 2.21.